The van der Waals surface area contributed by atoms with Crippen molar-refractivity contribution in [1.82, 2.24) is 9.55 Å². The van der Waals surface area contributed by atoms with E-state index in [1.165, 1.54) is 75.5 Å². The number of aromatic nitrogens is 2. The number of methoxy groups -OCH3 is 1. The molecule has 0 aliphatic rings. The topological polar surface area (TPSA) is 27.1 Å². The lowest BCUT2D eigenvalue weighted by molar-refractivity contribution is 0.414. The van der Waals surface area contributed by atoms with Crippen molar-refractivity contribution in [2.75, 3.05) is 12.9 Å². The molecule has 1 heterocycles. The summed E-state index contributed by atoms with van der Waals surface area (Å²) in [6.45, 7) is 3.25. The van der Waals surface area contributed by atoms with Crippen LogP contribution in [-0.4, -0.2) is 22.4 Å². The molecule has 156 valence electrons. The molecule has 3 nitrogen and oxygen atoms in total. The molecule has 0 radical (unpaired) electrons. The fraction of sp³-hybridized carbons (Fsp3) is 0.625. The number of hydrogen-bond acceptors (Lipinski definition) is 3. The lowest BCUT2D eigenvalue weighted by Gasteiger charge is -2.18. The van der Waals surface area contributed by atoms with Gasteiger partial charge in [-0.05, 0) is 29.9 Å². The Balaban J connectivity index is 1.66. The summed E-state index contributed by atoms with van der Waals surface area (Å²) < 4.78 is 7.49. The quantitative estimate of drug-likeness (QED) is 0.276. The Kier molecular flexibility index (Phi) is 11.9. The fourth-order valence-electron chi connectivity index (χ4n) is 3.47. The minimum absolute atomic E-state index is 0.457. The first kappa shape index (κ1) is 22.9. The molecule has 0 aliphatic heterocycles. The Morgan fingerprint density at radius 3 is 2.14 bits per heavy atom. The van der Waals surface area contributed by atoms with Gasteiger partial charge in [-0.1, -0.05) is 76.8 Å². The van der Waals surface area contributed by atoms with E-state index in [2.05, 4.69) is 58.7 Å². The Morgan fingerprint density at radius 1 is 0.929 bits per heavy atom. The third-order valence-electron chi connectivity index (χ3n) is 5.24. The van der Waals surface area contributed by atoms with Gasteiger partial charge >= 0.3 is 0 Å². The summed E-state index contributed by atoms with van der Waals surface area (Å²) in [6.07, 6.45) is 19.8. The van der Waals surface area contributed by atoms with Gasteiger partial charge in [-0.15, -0.1) is 0 Å². The van der Waals surface area contributed by atoms with Crippen molar-refractivity contribution in [2.45, 2.75) is 82.9 Å². The maximum atomic E-state index is 5.31. The van der Waals surface area contributed by atoms with Gasteiger partial charge in [-0.2, -0.15) is 11.8 Å². The van der Waals surface area contributed by atoms with Crippen LogP contribution in [0.15, 0.2) is 43.0 Å². The Bertz CT molecular complexity index is 598. The number of ether oxygens (including phenoxy) is 1. The maximum Gasteiger partial charge on any atom is 0.118 e. The first-order valence-electron chi connectivity index (χ1n) is 11.0. The number of imidazole rings is 1. The van der Waals surface area contributed by atoms with Crippen LogP contribution in [0.1, 0.15) is 81.9 Å². The maximum absolute atomic E-state index is 5.31. The summed E-state index contributed by atoms with van der Waals surface area (Å²) in [5.41, 5.74) is 1.37. The molecule has 0 saturated heterocycles. The number of rotatable bonds is 16. The highest BCUT2D eigenvalue weighted by atomic mass is 32.2. The molecule has 2 rings (SSSR count). The minimum atomic E-state index is 0.457. The van der Waals surface area contributed by atoms with Gasteiger partial charge in [0.05, 0.1) is 13.4 Å². The third kappa shape index (κ3) is 9.18. The molecule has 0 aliphatic carbocycles. The average Bonchev–Trinajstić information content (AvgIpc) is 3.24. The largest absolute Gasteiger partial charge is 0.497 e. The fourth-order valence-corrected chi connectivity index (χ4v) is 4.76. The lowest BCUT2D eigenvalue weighted by Crippen LogP contribution is -2.06. The molecular weight excluding hydrogens is 364 g/mol. The van der Waals surface area contributed by atoms with Gasteiger partial charge < -0.3 is 9.30 Å². The van der Waals surface area contributed by atoms with Crippen molar-refractivity contribution < 1.29 is 4.74 Å². The zero-order valence-electron chi connectivity index (χ0n) is 17.8. The van der Waals surface area contributed by atoms with E-state index in [-0.39, 0.29) is 0 Å². The standard InChI is InChI=1S/C24H38N2OS/c1-3-4-5-6-7-8-9-10-11-12-19-28-24(20-26-18-17-25-21-26)22-13-15-23(27-2)16-14-22/h13-18,21,24H,3-12,19-20H2,1-2H3. The predicted octanol–water partition coefficient (Wildman–Crippen LogP) is 7.29. The second-order valence-corrected chi connectivity index (χ2v) is 8.88. The molecule has 0 amide bonds. The molecule has 1 aromatic carbocycles. The zero-order valence-corrected chi connectivity index (χ0v) is 18.6. The van der Waals surface area contributed by atoms with Gasteiger partial charge in [-0.25, -0.2) is 4.98 Å². The number of unbranched alkanes of at least 4 members (excludes halogenated alkanes) is 9. The van der Waals surface area contributed by atoms with E-state index in [0.29, 0.717) is 5.25 Å². The van der Waals surface area contributed by atoms with E-state index in [0.717, 1.165) is 12.3 Å². The van der Waals surface area contributed by atoms with Crippen LogP contribution in [0.3, 0.4) is 0 Å². The summed E-state index contributed by atoms with van der Waals surface area (Å²) in [7, 11) is 1.72. The lowest BCUT2D eigenvalue weighted by atomic mass is 10.1. The van der Waals surface area contributed by atoms with E-state index in [1.54, 1.807) is 7.11 Å². The first-order chi connectivity index (χ1) is 13.8. The van der Waals surface area contributed by atoms with Crippen LogP contribution < -0.4 is 4.74 Å². The number of thioether (sulfide) groups is 1. The SMILES string of the molecule is CCCCCCCCCCCCSC(Cn1ccnc1)c1ccc(OC)cc1. The van der Waals surface area contributed by atoms with Gasteiger partial charge in [0.15, 0.2) is 0 Å². The highest BCUT2D eigenvalue weighted by Crippen LogP contribution is 2.32. The van der Waals surface area contributed by atoms with E-state index >= 15 is 0 Å². The molecule has 0 spiro atoms. The molecule has 0 bridgehead atoms. The molecular formula is C24H38N2OS. The predicted molar refractivity (Wildman–Crippen MR) is 122 cm³/mol. The second-order valence-electron chi connectivity index (χ2n) is 7.57. The van der Waals surface area contributed by atoms with E-state index in [9.17, 15) is 0 Å². The van der Waals surface area contributed by atoms with Crippen LogP contribution >= 0.6 is 11.8 Å². The van der Waals surface area contributed by atoms with Gasteiger partial charge in [-0.3, -0.25) is 0 Å². The van der Waals surface area contributed by atoms with Gasteiger partial charge in [0.25, 0.3) is 0 Å². The Morgan fingerprint density at radius 2 is 1.57 bits per heavy atom. The van der Waals surface area contributed by atoms with E-state index < -0.39 is 0 Å². The number of hydrogen-bond donors (Lipinski definition) is 0. The summed E-state index contributed by atoms with van der Waals surface area (Å²) in [5, 5.41) is 0.457. The molecule has 0 fully saturated rings. The van der Waals surface area contributed by atoms with E-state index in [4.69, 9.17) is 4.74 Å². The van der Waals surface area contributed by atoms with Crippen molar-refractivity contribution in [2.24, 2.45) is 0 Å². The van der Waals surface area contributed by atoms with E-state index in [1.807, 2.05) is 12.5 Å². The zero-order chi connectivity index (χ0) is 19.9. The van der Waals surface area contributed by atoms with Crippen LogP contribution in [0.4, 0.5) is 0 Å². The Hall–Kier alpha value is -1.42. The van der Waals surface area contributed by atoms with Gasteiger partial charge in [0.2, 0.25) is 0 Å². The summed E-state index contributed by atoms with van der Waals surface area (Å²) in [5.74, 6) is 2.15. The summed E-state index contributed by atoms with van der Waals surface area (Å²) in [4.78, 5) is 4.19. The van der Waals surface area contributed by atoms with Gasteiger partial charge in [0.1, 0.15) is 5.75 Å². The summed E-state index contributed by atoms with van der Waals surface area (Å²) >= 11 is 2.07. The molecule has 2 aromatic rings. The highest BCUT2D eigenvalue weighted by molar-refractivity contribution is 7.99. The van der Waals surface area contributed by atoms with Crippen molar-refractivity contribution >= 4 is 11.8 Å². The Labute approximate surface area is 176 Å². The minimum Gasteiger partial charge on any atom is -0.497 e. The number of benzene rings is 1. The van der Waals surface area contributed by atoms with Crippen LogP contribution in [0.5, 0.6) is 5.75 Å². The molecule has 28 heavy (non-hydrogen) atoms. The highest BCUT2D eigenvalue weighted by Gasteiger charge is 2.13. The van der Waals surface area contributed by atoms with Crippen LogP contribution in [0, 0.1) is 0 Å². The van der Waals surface area contributed by atoms with Crippen molar-refractivity contribution in [3.8, 4) is 5.75 Å². The van der Waals surface area contributed by atoms with Crippen molar-refractivity contribution in [3.05, 3.63) is 48.5 Å². The first-order valence-corrected chi connectivity index (χ1v) is 12.1. The molecule has 0 N–H and O–H groups in total. The molecule has 4 heteroatoms. The summed E-state index contributed by atoms with van der Waals surface area (Å²) in [6, 6.07) is 8.53. The molecule has 1 atom stereocenters. The van der Waals surface area contributed by atoms with Crippen molar-refractivity contribution in [1.29, 1.82) is 0 Å². The normalized spacial score (nSPS) is 12.2. The second kappa shape index (κ2) is 14.6. The van der Waals surface area contributed by atoms with Gasteiger partial charge in [0, 0.05) is 24.2 Å². The van der Waals surface area contributed by atoms with Crippen molar-refractivity contribution in [3.63, 3.8) is 0 Å². The molecule has 1 aromatic heterocycles. The average molecular weight is 403 g/mol. The number of nitrogens with zero attached hydrogens (tertiary/aromatic N) is 2. The van der Waals surface area contributed by atoms with Crippen LogP contribution in [0.2, 0.25) is 0 Å². The molecule has 0 saturated carbocycles. The van der Waals surface area contributed by atoms with Crippen LogP contribution in [0.25, 0.3) is 0 Å². The molecule has 1 unspecified atom stereocenters. The smallest absolute Gasteiger partial charge is 0.118 e. The monoisotopic (exact) mass is 402 g/mol. The van der Waals surface area contributed by atoms with Crippen LogP contribution in [-0.2, 0) is 6.54 Å². The third-order valence-corrected chi connectivity index (χ3v) is 6.59.